The standard InChI is InChI=1S/C13H13N3O2/c1-2-8-7-15-16-12(8)9-3-4-11-10(5-9)6-14-13(17)18-11/h3-5,7H,2,6H2,1H3,(H,14,17)(H,15,16). The van der Waals surface area contributed by atoms with Crippen LogP contribution in [0.2, 0.25) is 0 Å². The van der Waals surface area contributed by atoms with Crippen molar-refractivity contribution in [3.05, 3.63) is 35.5 Å². The Morgan fingerprint density at radius 2 is 2.33 bits per heavy atom. The van der Waals surface area contributed by atoms with Crippen molar-refractivity contribution in [2.24, 2.45) is 0 Å². The lowest BCUT2D eigenvalue weighted by atomic mass is 10.0. The quantitative estimate of drug-likeness (QED) is 0.850. The molecule has 0 saturated carbocycles. The first-order valence-electron chi connectivity index (χ1n) is 5.89. The molecule has 2 heterocycles. The molecule has 3 rings (SSSR count). The summed E-state index contributed by atoms with van der Waals surface area (Å²) >= 11 is 0. The molecule has 0 aliphatic carbocycles. The number of nitrogens with zero attached hydrogens (tertiary/aromatic N) is 1. The number of carbonyl (C=O) groups is 1. The highest BCUT2D eigenvalue weighted by molar-refractivity contribution is 5.74. The number of amides is 1. The third-order valence-corrected chi connectivity index (χ3v) is 3.07. The number of fused-ring (bicyclic) bond motifs is 1. The van der Waals surface area contributed by atoms with Gasteiger partial charge in [0.15, 0.2) is 0 Å². The van der Waals surface area contributed by atoms with Crippen molar-refractivity contribution in [1.29, 1.82) is 0 Å². The summed E-state index contributed by atoms with van der Waals surface area (Å²) in [5, 5.41) is 9.73. The maximum Gasteiger partial charge on any atom is 0.412 e. The van der Waals surface area contributed by atoms with Crippen LogP contribution in [0.25, 0.3) is 11.3 Å². The summed E-state index contributed by atoms with van der Waals surface area (Å²) in [5.41, 5.74) is 4.24. The van der Waals surface area contributed by atoms with Gasteiger partial charge in [0.05, 0.1) is 11.9 Å². The van der Waals surface area contributed by atoms with E-state index in [4.69, 9.17) is 4.74 Å². The Labute approximate surface area is 104 Å². The summed E-state index contributed by atoms with van der Waals surface area (Å²) in [6.45, 7) is 2.59. The van der Waals surface area contributed by atoms with Crippen molar-refractivity contribution in [3.8, 4) is 17.0 Å². The molecule has 2 aromatic rings. The summed E-state index contributed by atoms with van der Waals surface area (Å²) in [4.78, 5) is 11.1. The van der Waals surface area contributed by atoms with Gasteiger partial charge in [-0.2, -0.15) is 5.10 Å². The highest BCUT2D eigenvalue weighted by atomic mass is 16.6. The van der Waals surface area contributed by atoms with Crippen molar-refractivity contribution in [3.63, 3.8) is 0 Å². The molecular formula is C13H13N3O2. The van der Waals surface area contributed by atoms with E-state index >= 15 is 0 Å². The van der Waals surface area contributed by atoms with E-state index < -0.39 is 6.09 Å². The molecule has 5 nitrogen and oxygen atoms in total. The molecule has 0 bridgehead atoms. The Balaban J connectivity index is 2.02. The second-order valence-electron chi connectivity index (χ2n) is 4.19. The second-order valence-corrected chi connectivity index (χ2v) is 4.19. The van der Waals surface area contributed by atoms with Gasteiger partial charge in [0, 0.05) is 17.7 Å². The Hall–Kier alpha value is -2.30. The van der Waals surface area contributed by atoms with Crippen LogP contribution in [0.5, 0.6) is 5.75 Å². The molecule has 0 spiro atoms. The number of H-pyrrole nitrogens is 1. The molecule has 1 aliphatic heterocycles. The number of hydrogen-bond acceptors (Lipinski definition) is 3. The van der Waals surface area contributed by atoms with Crippen LogP contribution in [0.4, 0.5) is 4.79 Å². The van der Waals surface area contributed by atoms with Gasteiger partial charge < -0.3 is 10.1 Å². The van der Waals surface area contributed by atoms with Crippen molar-refractivity contribution < 1.29 is 9.53 Å². The molecule has 1 aromatic heterocycles. The minimum absolute atomic E-state index is 0.397. The monoisotopic (exact) mass is 243 g/mol. The summed E-state index contributed by atoms with van der Waals surface area (Å²) in [6.07, 6.45) is 2.37. The fraction of sp³-hybridized carbons (Fsp3) is 0.231. The van der Waals surface area contributed by atoms with Crippen molar-refractivity contribution in [2.75, 3.05) is 0 Å². The Morgan fingerprint density at radius 1 is 1.44 bits per heavy atom. The van der Waals surface area contributed by atoms with Crippen LogP contribution in [0.3, 0.4) is 0 Å². The smallest absolute Gasteiger partial charge is 0.410 e. The van der Waals surface area contributed by atoms with E-state index in [2.05, 4.69) is 22.4 Å². The van der Waals surface area contributed by atoms with Gasteiger partial charge in [0.1, 0.15) is 5.75 Å². The SMILES string of the molecule is CCc1cn[nH]c1-c1ccc2c(c1)CNC(=O)O2. The number of aryl methyl sites for hydroxylation is 1. The maximum absolute atomic E-state index is 11.1. The highest BCUT2D eigenvalue weighted by Crippen LogP contribution is 2.29. The van der Waals surface area contributed by atoms with E-state index in [0.717, 1.165) is 23.2 Å². The van der Waals surface area contributed by atoms with Crippen molar-refractivity contribution in [1.82, 2.24) is 15.5 Å². The highest BCUT2D eigenvalue weighted by Gasteiger charge is 2.17. The van der Waals surface area contributed by atoms with E-state index in [-0.39, 0.29) is 0 Å². The molecule has 2 N–H and O–H groups in total. The maximum atomic E-state index is 11.1. The fourth-order valence-corrected chi connectivity index (χ4v) is 2.11. The molecule has 0 saturated heterocycles. The molecule has 0 atom stereocenters. The Kier molecular flexibility index (Phi) is 2.51. The van der Waals surface area contributed by atoms with Crippen LogP contribution in [0.1, 0.15) is 18.1 Å². The second kappa shape index (κ2) is 4.18. The van der Waals surface area contributed by atoms with Gasteiger partial charge in [0.2, 0.25) is 0 Å². The van der Waals surface area contributed by atoms with Crippen LogP contribution >= 0.6 is 0 Å². The van der Waals surface area contributed by atoms with Crippen LogP contribution in [-0.4, -0.2) is 16.3 Å². The molecule has 92 valence electrons. The van der Waals surface area contributed by atoms with Gasteiger partial charge in [-0.3, -0.25) is 5.10 Å². The first-order valence-corrected chi connectivity index (χ1v) is 5.89. The first-order chi connectivity index (χ1) is 8.78. The number of benzene rings is 1. The summed E-state index contributed by atoms with van der Waals surface area (Å²) in [5.74, 6) is 0.625. The lowest BCUT2D eigenvalue weighted by Gasteiger charge is -2.17. The minimum Gasteiger partial charge on any atom is -0.410 e. The van der Waals surface area contributed by atoms with Crippen molar-refractivity contribution in [2.45, 2.75) is 19.9 Å². The van der Waals surface area contributed by atoms with Crippen molar-refractivity contribution >= 4 is 6.09 Å². The molecule has 0 unspecified atom stereocenters. The fourth-order valence-electron chi connectivity index (χ4n) is 2.11. The van der Waals surface area contributed by atoms with E-state index in [9.17, 15) is 4.79 Å². The molecular weight excluding hydrogens is 230 g/mol. The third kappa shape index (κ3) is 1.73. The number of aromatic nitrogens is 2. The molecule has 18 heavy (non-hydrogen) atoms. The zero-order chi connectivity index (χ0) is 12.5. The normalized spacial score (nSPS) is 13.7. The van der Waals surface area contributed by atoms with Gasteiger partial charge in [-0.25, -0.2) is 4.79 Å². The number of hydrogen-bond donors (Lipinski definition) is 2. The van der Waals surface area contributed by atoms with Crippen LogP contribution in [-0.2, 0) is 13.0 Å². The largest absolute Gasteiger partial charge is 0.412 e. The van der Waals surface area contributed by atoms with Crippen LogP contribution in [0.15, 0.2) is 24.4 Å². The van der Waals surface area contributed by atoms with Gasteiger partial charge in [-0.05, 0) is 30.2 Å². The van der Waals surface area contributed by atoms with Gasteiger partial charge >= 0.3 is 6.09 Å². The molecule has 1 aromatic carbocycles. The van der Waals surface area contributed by atoms with E-state index in [1.54, 1.807) is 0 Å². The van der Waals surface area contributed by atoms with E-state index in [0.29, 0.717) is 12.3 Å². The average Bonchev–Trinajstić information content (AvgIpc) is 2.86. The number of aromatic amines is 1. The number of nitrogens with one attached hydrogen (secondary N) is 2. The first kappa shape index (κ1) is 10.8. The van der Waals surface area contributed by atoms with Gasteiger partial charge in [-0.1, -0.05) is 6.92 Å². The summed E-state index contributed by atoms with van der Waals surface area (Å²) in [7, 11) is 0. The summed E-state index contributed by atoms with van der Waals surface area (Å²) < 4.78 is 5.08. The molecule has 1 aliphatic rings. The lowest BCUT2D eigenvalue weighted by Crippen LogP contribution is -2.31. The molecule has 0 fully saturated rings. The molecule has 1 amide bonds. The third-order valence-electron chi connectivity index (χ3n) is 3.07. The average molecular weight is 243 g/mol. The predicted molar refractivity (Wildman–Crippen MR) is 66.3 cm³/mol. The predicted octanol–water partition coefficient (Wildman–Crippen LogP) is 2.24. The number of carbonyl (C=O) groups excluding carboxylic acids is 1. The van der Waals surface area contributed by atoms with Crippen LogP contribution in [0, 0.1) is 0 Å². The summed E-state index contributed by atoms with van der Waals surface area (Å²) in [6, 6.07) is 5.77. The zero-order valence-electron chi connectivity index (χ0n) is 9.99. The minimum atomic E-state index is -0.397. The van der Waals surface area contributed by atoms with Gasteiger partial charge in [0.25, 0.3) is 0 Å². The lowest BCUT2D eigenvalue weighted by molar-refractivity contribution is 0.194. The van der Waals surface area contributed by atoms with Crippen LogP contribution < -0.4 is 10.1 Å². The van der Waals surface area contributed by atoms with E-state index in [1.165, 1.54) is 5.56 Å². The van der Waals surface area contributed by atoms with E-state index in [1.807, 2.05) is 24.4 Å². The zero-order valence-corrected chi connectivity index (χ0v) is 9.99. The number of ether oxygens (including phenoxy) is 1. The molecule has 0 radical (unpaired) electrons. The topological polar surface area (TPSA) is 67.0 Å². The van der Waals surface area contributed by atoms with Gasteiger partial charge in [-0.15, -0.1) is 0 Å². The Bertz CT molecular complexity index is 604. The Morgan fingerprint density at radius 3 is 3.17 bits per heavy atom. The number of rotatable bonds is 2. The molecule has 5 heteroatoms.